The van der Waals surface area contributed by atoms with Gasteiger partial charge in [-0.05, 0) is 66.9 Å². The first-order chi connectivity index (χ1) is 14.5. The van der Waals surface area contributed by atoms with E-state index < -0.39 is 17.8 Å². The van der Waals surface area contributed by atoms with Gasteiger partial charge in [-0.3, -0.25) is 14.5 Å². The summed E-state index contributed by atoms with van der Waals surface area (Å²) in [6.07, 6.45) is 0. The maximum atomic E-state index is 13.5. The van der Waals surface area contributed by atoms with Crippen molar-refractivity contribution in [2.24, 2.45) is 0 Å². The van der Waals surface area contributed by atoms with Gasteiger partial charge in [0.05, 0.1) is 17.0 Å². The molecule has 0 saturated carbocycles. The Morgan fingerprint density at radius 2 is 1.57 bits per heavy atom. The minimum absolute atomic E-state index is 0.0360. The molecule has 4 aromatic rings. The van der Waals surface area contributed by atoms with Crippen LogP contribution in [0.1, 0.15) is 38.9 Å². The Morgan fingerprint density at radius 1 is 0.900 bits per heavy atom. The standard InChI is InChI=1S/C25H18FNO3/c1-14-12-19-20(13-15(14)2)30-24-21(23(19)28)22(16-6-4-3-5-7-16)27(25(24)29)18-10-8-17(26)9-11-18/h3-13,22H,1-2H3. The van der Waals surface area contributed by atoms with Gasteiger partial charge in [-0.1, -0.05) is 30.3 Å². The van der Waals surface area contributed by atoms with Crippen LogP contribution < -0.4 is 10.3 Å². The molecule has 1 unspecified atom stereocenters. The van der Waals surface area contributed by atoms with Gasteiger partial charge in [0.15, 0.2) is 5.43 Å². The van der Waals surface area contributed by atoms with E-state index in [9.17, 15) is 14.0 Å². The molecule has 0 N–H and O–H groups in total. The lowest BCUT2D eigenvalue weighted by Gasteiger charge is -2.25. The van der Waals surface area contributed by atoms with Crippen LogP contribution in [0.5, 0.6) is 0 Å². The number of halogens is 1. The Labute approximate surface area is 172 Å². The molecule has 0 aliphatic carbocycles. The van der Waals surface area contributed by atoms with E-state index in [1.807, 2.05) is 50.2 Å². The van der Waals surface area contributed by atoms with Crippen LogP contribution in [-0.4, -0.2) is 5.91 Å². The van der Waals surface area contributed by atoms with Crippen molar-refractivity contribution in [3.8, 4) is 0 Å². The number of benzene rings is 3. The van der Waals surface area contributed by atoms with E-state index in [2.05, 4.69) is 0 Å². The zero-order chi connectivity index (χ0) is 21.0. The van der Waals surface area contributed by atoms with Crippen molar-refractivity contribution in [1.29, 1.82) is 0 Å². The predicted molar refractivity (Wildman–Crippen MR) is 113 cm³/mol. The molecule has 1 aromatic heterocycles. The third kappa shape index (κ3) is 2.66. The Hall–Kier alpha value is -3.73. The first kappa shape index (κ1) is 18.3. The average Bonchev–Trinajstić information content (AvgIpc) is 3.04. The van der Waals surface area contributed by atoms with Gasteiger partial charge in [0, 0.05) is 5.69 Å². The van der Waals surface area contributed by atoms with E-state index in [1.54, 1.807) is 6.07 Å². The molecule has 0 fully saturated rings. The summed E-state index contributed by atoms with van der Waals surface area (Å²) in [6, 6.07) is 17.9. The molecule has 0 radical (unpaired) electrons. The summed E-state index contributed by atoms with van der Waals surface area (Å²) < 4.78 is 19.5. The first-order valence-electron chi connectivity index (χ1n) is 9.67. The van der Waals surface area contributed by atoms with Crippen LogP contribution in [0.2, 0.25) is 0 Å². The van der Waals surface area contributed by atoms with Crippen molar-refractivity contribution in [3.05, 3.63) is 111 Å². The second-order valence-electron chi connectivity index (χ2n) is 7.57. The summed E-state index contributed by atoms with van der Waals surface area (Å²) in [7, 11) is 0. The Morgan fingerprint density at radius 3 is 2.27 bits per heavy atom. The van der Waals surface area contributed by atoms with Gasteiger partial charge >= 0.3 is 0 Å². The minimum atomic E-state index is -0.651. The van der Waals surface area contributed by atoms with E-state index in [4.69, 9.17) is 4.42 Å². The third-order valence-electron chi connectivity index (χ3n) is 5.71. The highest BCUT2D eigenvalue weighted by Gasteiger charge is 2.43. The molecule has 1 aliphatic heterocycles. The summed E-state index contributed by atoms with van der Waals surface area (Å²) in [6.45, 7) is 3.87. The molecular weight excluding hydrogens is 381 g/mol. The van der Waals surface area contributed by atoms with E-state index in [1.165, 1.54) is 29.2 Å². The number of fused-ring (bicyclic) bond motifs is 2. The number of anilines is 1. The number of hydrogen-bond acceptors (Lipinski definition) is 3. The number of nitrogens with zero attached hydrogens (tertiary/aromatic N) is 1. The van der Waals surface area contributed by atoms with Crippen molar-refractivity contribution < 1.29 is 13.6 Å². The zero-order valence-electron chi connectivity index (χ0n) is 16.5. The maximum absolute atomic E-state index is 13.5. The van der Waals surface area contributed by atoms with Gasteiger partial charge in [-0.25, -0.2) is 4.39 Å². The number of rotatable bonds is 2. The topological polar surface area (TPSA) is 50.5 Å². The summed E-state index contributed by atoms with van der Waals surface area (Å²) >= 11 is 0. The smallest absolute Gasteiger partial charge is 0.295 e. The summed E-state index contributed by atoms with van der Waals surface area (Å²) in [5.41, 5.74) is 3.72. The molecule has 0 saturated heterocycles. The number of aryl methyl sites for hydroxylation is 2. The van der Waals surface area contributed by atoms with E-state index in [-0.39, 0.29) is 11.2 Å². The fourth-order valence-electron chi connectivity index (χ4n) is 4.05. The molecule has 3 aromatic carbocycles. The molecule has 0 spiro atoms. The quantitative estimate of drug-likeness (QED) is 0.460. The molecule has 30 heavy (non-hydrogen) atoms. The van der Waals surface area contributed by atoms with Crippen molar-refractivity contribution in [2.75, 3.05) is 4.90 Å². The van der Waals surface area contributed by atoms with Gasteiger partial charge in [0.1, 0.15) is 11.4 Å². The average molecular weight is 399 g/mol. The number of hydrogen-bond donors (Lipinski definition) is 0. The van der Waals surface area contributed by atoms with Gasteiger partial charge < -0.3 is 4.42 Å². The predicted octanol–water partition coefficient (Wildman–Crippen LogP) is 5.30. The molecule has 148 valence electrons. The van der Waals surface area contributed by atoms with E-state index in [0.717, 1.165) is 16.7 Å². The number of amides is 1. The Bertz CT molecular complexity index is 1360. The Kier molecular flexibility index (Phi) is 4.07. The molecular formula is C25H18FNO3. The summed E-state index contributed by atoms with van der Waals surface area (Å²) in [5.74, 6) is -0.776. The molecule has 1 aliphatic rings. The van der Waals surface area contributed by atoms with Crippen LogP contribution in [-0.2, 0) is 0 Å². The zero-order valence-corrected chi connectivity index (χ0v) is 16.5. The number of carbonyl (C=O) groups is 1. The fourth-order valence-corrected chi connectivity index (χ4v) is 4.05. The molecule has 2 heterocycles. The van der Waals surface area contributed by atoms with Crippen LogP contribution in [0.25, 0.3) is 11.0 Å². The lowest BCUT2D eigenvalue weighted by molar-refractivity contribution is 0.0971. The summed E-state index contributed by atoms with van der Waals surface area (Å²) in [4.78, 5) is 28.5. The normalized spacial score (nSPS) is 15.6. The molecule has 4 nitrogen and oxygen atoms in total. The largest absolute Gasteiger partial charge is 0.450 e. The van der Waals surface area contributed by atoms with Crippen LogP contribution >= 0.6 is 0 Å². The van der Waals surface area contributed by atoms with Gasteiger partial charge in [0.2, 0.25) is 5.76 Å². The van der Waals surface area contributed by atoms with Crippen LogP contribution in [0.3, 0.4) is 0 Å². The highest BCUT2D eigenvalue weighted by atomic mass is 19.1. The van der Waals surface area contributed by atoms with Crippen LogP contribution in [0.15, 0.2) is 75.9 Å². The molecule has 5 heteroatoms. The van der Waals surface area contributed by atoms with Gasteiger partial charge in [-0.15, -0.1) is 0 Å². The fraction of sp³-hybridized carbons (Fsp3) is 0.120. The highest BCUT2D eigenvalue weighted by Crippen LogP contribution is 2.41. The van der Waals surface area contributed by atoms with Crippen LogP contribution in [0, 0.1) is 19.7 Å². The monoisotopic (exact) mass is 399 g/mol. The van der Waals surface area contributed by atoms with E-state index >= 15 is 0 Å². The minimum Gasteiger partial charge on any atom is -0.450 e. The first-order valence-corrected chi connectivity index (χ1v) is 9.67. The third-order valence-corrected chi connectivity index (χ3v) is 5.71. The molecule has 1 amide bonds. The van der Waals surface area contributed by atoms with E-state index in [0.29, 0.717) is 22.2 Å². The van der Waals surface area contributed by atoms with Gasteiger partial charge in [-0.2, -0.15) is 0 Å². The number of carbonyl (C=O) groups excluding carboxylic acids is 1. The molecule has 5 rings (SSSR count). The van der Waals surface area contributed by atoms with Crippen LogP contribution in [0.4, 0.5) is 10.1 Å². The SMILES string of the molecule is Cc1cc2oc3c(c(=O)c2cc1C)C(c1ccccc1)N(c1ccc(F)cc1)C3=O. The van der Waals surface area contributed by atoms with Crippen molar-refractivity contribution in [1.82, 2.24) is 0 Å². The second kappa shape index (κ2) is 6.66. The van der Waals surface area contributed by atoms with Gasteiger partial charge in [0.25, 0.3) is 5.91 Å². The van der Waals surface area contributed by atoms with Crippen molar-refractivity contribution >= 4 is 22.6 Å². The lowest BCUT2D eigenvalue weighted by Crippen LogP contribution is -2.29. The second-order valence-corrected chi connectivity index (χ2v) is 7.57. The van der Waals surface area contributed by atoms with Crippen molar-refractivity contribution in [3.63, 3.8) is 0 Å². The lowest BCUT2D eigenvalue weighted by atomic mass is 9.97. The maximum Gasteiger partial charge on any atom is 0.295 e. The highest BCUT2D eigenvalue weighted by molar-refractivity contribution is 6.10. The Balaban J connectivity index is 1.83. The van der Waals surface area contributed by atoms with Crippen molar-refractivity contribution in [2.45, 2.75) is 19.9 Å². The molecule has 0 bridgehead atoms. The molecule has 1 atom stereocenters. The summed E-state index contributed by atoms with van der Waals surface area (Å²) in [5, 5.41) is 0.450.